The zero-order chi connectivity index (χ0) is 16.9. The van der Waals surface area contributed by atoms with Crippen molar-refractivity contribution < 1.29 is 28.5 Å². The second-order valence-electron chi connectivity index (χ2n) is 8.64. The second kappa shape index (κ2) is 4.59. The predicted octanol–water partition coefficient (Wildman–Crippen LogP) is 1.80. The van der Waals surface area contributed by atoms with E-state index in [0.717, 1.165) is 12.8 Å². The smallest absolute Gasteiger partial charge is 0.313 e. The molecule has 2 aliphatic heterocycles. The quantitative estimate of drug-likeness (QED) is 0.716. The van der Waals surface area contributed by atoms with Crippen molar-refractivity contribution in [2.75, 3.05) is 0 Å². The summed E-state index contributed by atoms with van der Waals surface area (Å²) in [4.78, 5) is 25.1. The summed E-state index contributed by atoms with van der Waals surface area (Å²) in [6, 6.07) is 0. The van der Waals surface area contributed by atoms with Crippen LogP contribution in [0.15, 0.2) is 0 Å². The van der Waals surface area contributed by atoms with Gasteiger partial charge in [-0.15, -0.1) is 0 Å². The summed E-state index contributed by atoms with van der Waals surface area (Å²) in [5.41, 5.74) is -0.378. The normalized spacial score (nSPS) is 53.6. The molecule has 8 atom stereocenters. The number of ketones is 1. The van der Waals surface area contributed by atoms with Crippen LogP contribution in [0.2, 0.25) is 0 Å². The first-order valence-corrected chi connectivity index (χ1v) is 9.06. The molecule has 3 aliphatic carbocycles. The Morgan fingerprint density at radius 1 is 1.08 bits per heavy atom. The van der Waals surface area contributed by atoms with Gasteiger partial charge in [-0.05, 0) is 51.9 Å². The van der Waals surface area contributed by atoms with Crippen molar-refractivity contribution >= 4 is 11.8 Å². The summed E-state index contributed by atoms with van der Waals surface area (Å²) >= 11 is 0. The topological polar surface area (TPSA) is 71.1 Å². The summed E-state index contributed by atoms with van der Waals surface area (Å²) < 4.78 is 23.4. The van der Waals surface area contributed by atoms with Crippen LogP contribution in [0.3, 0.4) is 0 Å². The molecule has 0 N–H and O–H groups in total. The van der Waals surface area contributed by atoms with Gasteiger partial charge in [-0.2, -0.15) is 0 Å². The molecule has 0 aromatic rings. The number of hydrogen-bond acceptors (Lipinski definition) is 6. The van der Waals surface area contributed by atoms with Crippen molar-refractivity contribution in [2.24, 2.45) is 23.2 Å². The van der Waals surface area contributed by atoms with Crippen molar-refractivity contribution in [3.05, 3.63) is 0 Å². The minimum Gasteiger partial charge on any atom is -0.451 e. The van der Waals surface area contributed by atoms with Crippen LogP contribution < -0.4 is 0 Å². The maximum atomic E-state index is 12.6. The summed E-state index contributed by atoms with van der Waals surface area (Å²) in [6.07, 6.45) is 1.37. The number of esters is 1. The Hall–Kier alpha value is -0.980. The molecular weight excluding hydrogens is 312 g/mol. The number of ether oxygens (including phenoxy) is 4. The molecule has 0 spiro atoms. The SMILES string of the molecule is CC1(C)OC2OC3C(OC(=O)C4(C)C5CC[C@@H]54)C(=O)CCC3C2O1. The fourth-order valence-corrected chi connectivity index (χ4v) is 5.33. The standard InChI is InChI=1S/C18H24O6/c1-17(2)23-13-8-4-7-11(19)14(12(8)21-15(13)24-17)22-16(20)18(3)9-5-6-10(9)18/h8-10,12-15H,4-7H2,1-3H3/t8?,9-,10?,12?,13?,14?,15?,18?/m0/s1. The van der Waals surface area contributed by atoms with E-state index in [2.05, 4.69) is 0 Å². The van der Waals surface area contributed by atoms with Gasteiger partial charge in [-0.1, -0.05) is 0 Å². The lowest BCUT2D eigenvalue weighted by molar-refractivity contribution is -0.226. The highest BCUT2D eigenvalue weighted by Crippen LogP contribution is 2.71. The zero-order valence-electron chi connectivity index (χ0n) is 14.3. The lowest BCUT2D eigenvalue weighted by Gasteiger charge is -2.34. The molecule has 0 aromatic heterocycles. The van der Waals surface area contributed by atoms with Crippen LogP contribution in [0.25, 0.3) is 0 Å². The highest BCUT2D eigenvalue weighted by molar-refractivity contribution is 5.89. The number of fused-ring (bicyclic) bond motifs is 4. The van der Waals surface area contributed by atoms with E-state index in [-0.39, 0.29) is 29.2 Å². The van der Waals surface area contributed by atoms with Gasteiger partial charge in [0.1, 0.15) is 12.2 Å². The van der Waals surface area contributed by atoms with Gasteiger partial charge in [0.15, 0.2) is 24.0 Å². The molecule has 5 fully saturated rings. The minimum atomic E-state index is -0.811. The van der Waals surface area contributed by atoms with E-state index in [1.165, 1.54) is 0 Å². The Bertz CT molecular complexity index is 603. The minimum absolute atomic E-state index is 0.0380. The lowest BCUT2D eigenvalue weighted by atomic mass is 9.82. The monoisotopic (exact) mass is 336 g/mol. The van der Waals surface area contributed by atoms with E-state index >= 15 is 0 Å². The van der Waals surface area contributed by atoms with Crippen LogP contribution in [0.4, 0.5) is 0 Å². The first-order valence-electron chi connectivity index (χ1n) is 9.06. The van der Waals surface area contributed by atoms with Crippen molar-refractivity contribution in [1.29, 1.82) is 0 Å². The van der Waals surface area contributed by atoms with Gasteiger partial charge in [-0.25, -0.2) is 0 Å². The molecule has 3 saturated carbocycles. The Morgan fingerprint density at radius 3 is 2.46 bits per heavy atom. The molecule has 7 unspecified atom stereocenters. The van der Waals surface area contributed by atoms with Gasteiger partial charge < -0.3 is 18.9 Å². The van der Waals surface area contributed by atoms with E-state index in [4.69, 9.17) is 18.9 Å². The van der Waals surface area contributed by atoms with Gasteiger partial charge >= 0.3 is 5.97 Å². The van der Waals surface area contributed by atoms with Crippen LogP contribution in [-0.2, 0) is 28.5 Å². The first kappa shape index (κ1) is 15.3. The fourth-order valence-electron chi connectivity index (χ4n) is 5.33. The Kier molecular flexibility index (Phi) is 2.93. The van der Waals surface area contributed by atoms with E-state index in [9.17, 15) is 9.59 Å². The van der Waals surface area contributed by atoms with Crippen LogP contribution in [-0.4, -0.2) is 42.1 Å². The average Bonchev–Trinajstić information content (AvgIpc) is 2.72. The molecule has 2 saturated heterocycles. The number of carbonyl (C=O) groups is 2. The summed E-state index contributed by atoms with van der Waals surface area (Å²) in [7, 11) is 0. The average molecular weight is 336 g/mol. The van der Waals surface area contributed by atoms with Gasteiger partial charge in [0.2, 0.25) is 0 Å². The molecular formula is C18H24O6. The van der Waals surface area contributed by atoms with Gasteiger partial charge in [0.05, 0.1) is 5.41 Å². The van der Waals surface area contributed by atoms with E-state index in [1.54, 1.807) is 0 Å². The molecule has 0 amide bonds. The van der Waals surface area contributed by atoms with E-state index < -0.39 is 24.3 Å². The fraction of sp³-hybridized carbons (Fsp3) is 0.889. The summed E-state index contributed by atoms with van der Waals surface area (Å²) in [5.74, 6) is 0.00848. The van der Waals surface area contributed by atoms with Crippen molar-refractivity contribution in [3.8, 4) is 0 Å². The van der Waals surface area contributed by atoms with E-state index in [1.807, 2.05) is 20.8 Å². The maximum Gasteiger partial charge on any atom is 0.313 e. The van der Waals surface area contributed by atoms with Crippen LogP contribution in [0.1, 0.15) is 46.5 Å². The Labute approximate surface area is 141 Å². The van der Waals surface area contributed by atoms with Gasteiger partial charge in [-0.3, -0.25) is 9.59 Å². The highest BCUT2D eigenvalue weighted by atomic mass is 16.8. The van der Waals surface area contributed by atoms with E-state index in [0.29, 0.717) is 24.7 Å². The molecule has 2 heterocycles. The number of Topliss-reactive ketones (excluding diaryl/α,β-unsaturated/α-hetero) is 1. The first-order chi connectivity index (χ1) is 11.3. The van der Waals surface area contributed by atoms with Crippen LogP contribution >= 0.6 is 0 Å². The molecule has 24 heavy (non-hydrogen) atoms. The predicted molar refractivity (Wildman–Crippen MR) is 80.6 cm³/mol. The zero-order valence-corrected chi connectivity index (χ0v) is 14.3. The number of carbonyl (C=O) groups excluding carboxylic acids is 2. The van der Waals surface area contributed by atoms with Crippen molar-refractivity contribution in [3.63, 3.8) is 0 Å². The summed E-state index contributed by atoms with van der Waals surface area (Å²) in [5, 5.41) is 0. The van der Waals surface area contributed by atoms with Gasteiger partial charge in [0, 0.05) is 12.3 Å². The van der Waals surface area contributed by atoms with Gasteiger partial charge in [0.25, 0.3) is 0 Å². The molecule has 6 nitrogen and oxygen atoms in total. The third kappa shape index (κ3) is 1.88. The lowest BCUT2D eigenvalue weighted by Crippen LogP contribution is -2.48. The molecule has 0 aromatic carbocycles. The third-order valence-corrected chi connectivity index (χ3v) is 6.94. The maximum absolute atomic E-state index is 12.6. The Balaban J connectivity index is 1.33. The molecule has 5 aliphatic rings. The van der Waals surface area contributed by atoms with Crippen LogP contribution in [0, 0.1) is 23.2 Å². The van der Waals surface area contributed by atoms with Crippen LogP contribution in [0.5, 0.6) is 0 Å². The number of rotatable bonds is 2. The summed E-state index contributed by atoms with van der Waals surface area (Å²) in [6.45, 7) is 5.69. The molecule has 0 radical (unpaired) electrons. The Morgan fingerprint density at radius 2 is 1.79 bits per heavy atom. The molecule has 0 bridgehead atoms. The highest BCUT2D eigenvalue weighted by Gasteiger charge is 2.72. The molecule has 6 heteroatoms. The third-order valence-electron chi connectivity index (χ3n) is 6.94. The largest absolute Gasteiger partial charge is 0.451 e. The molecule has 132 valence electrons. The molecule has 5 rings (SSSR count). The van der Waals surface area contributed by atoms with Crippen molar-refractivity contribution in [2.45, 2.75) is 76.8 Å². The number of hydrogen-bond donors (Lipinski definition) is 0. The second-order valence-corrected chi connectivity index (χ2v) is 8.64. The van der Waals surface area contributed by atoms with Crippen molar-refractivity contribution in [1.82, 2.24) is 0 Å².